The van der Waals surface area contributed by atoms with E-state index in [0.717, 1.165) is 12.8 Å². The molecule has 0 aromatic heterocycles. The van der Waals surface area contributed by atoms with E-state index in [0.29, 0.717) is 67.5 Å². The van der Waals surface area contributed by atoms with Crippen molar-refractivity contribution in [2.75, 3.05) is 80.2 Å². The molecule has 2 saturated heterocycles. The Labute approximate surface area is 642 Å². The lowest BCUT2D eigenvalue weighted by molar-refractivity contribution is -0.149. The molecule has 5 rings (SSSR count). The number of amides is 11. The maximum atomic E-state index is 14.8. The second-order valence-corrected chi connectivity index (χ2v) is 32.2. The smallest absolute Gasteiger partial charge is 0.408 e. The minimum Gasteiger partial charge on any atom is -0.445 e. The Hall–Kier alpha value is -7.60. The van der Waals surface area contributed by atoms with E-state index in [-0.39, 0.29) is 147 Å². The number of rotatable bonds is 47. The first-order valence-corrected chi connectivity index (χ1v) is 39.3. The highest BCUT2D eigenvalue weighted by atomic mass is 32.2. The molecule has 2 unspecified atom stereocenters. The number of ether oxygens (including phenoxy) is 4. The van der Waals surface area contributed by atoms with Crippen molar-refractivity contribution in [1.82, 2.24) is 46.2 Å². The van der Waals surface area contributed by atoms with Crippen molar-refractivity contribution in [2.45, 2.75) is 232 Å². The molecule has 0 spiro atoms. The number of alkyl carbamates (subject to hydrolysis) is 1. The number of hydrogen-bond acceptors (Lipinski definition) is 18. The molecular formula is C79H124FN11O16S. The number of nitrogens with zero attached hydrogens (tertiary/aromatic N) is 4. The van der Waals surface area contributed by atoms with Gasteiger partial charge in [-0.15, -0.1) is 11.8 Å². The van der Waals surface area contributed by atoms with E-state index in [1.54, 1.807) is 83.0 Å². The predicted octanol–water partition coefficient (Wildman–Crippen LogP) is 8.10. The molecule has 29 heteroatoms. The summed E-state index contributed by atoms with van der Waals surface area (Å²) in [6.07, 6.45) is 2.15. The number of nitrogens with two attached hydrogens (primary N) is 1. The number of imide groups is 1. The Balaban J connectivity index is 1.18. The Morgan fingerprint density at radius 2 is 1.43 bits per heavy atom. The van der Waals surface area contributed by atoms with Crippen LogP contribution in [0.1, 0.15) is 183 Å². The number of nitrogens with one attached hydrogen (secondary N) is 6. The third-order valence-electron chi connectivity index (χ3n) is 21.6. The number of anilines is 1. The van der Waals surface area contributed by atoms with Crippen molar-refractivity contribution in [3.63, 3.8) is 0 Å². The van der Waals surface area contributed by atoms with Crippen LogP contribution in [0, 0.1) is 52.7 Å². The van der Waals surface area contributed by atoms with E-state index >= 15 is 0 Å². The van der Waals surface area contributed by atoms with Gasteiger partial charge >= 0.3 is 12.1 Å². The summed E-state index contributed by atoms with van der Waals surface area (Å²) in [7, 11) is 11.6. The maximum absolute atomic E-state index is 14.8. The number of unbranched alkanes of at least 4 members (excludes halogenated alkanes) is 2. The fraction of sp³-hybridized carbons (Fsp3) is 0.696. The van der Waals surface area contributed by atoms with Crippen molar-refractivity contribution >= 4 is 88.4 Å². The van der Waals surface area contributed by atoms with E-state index in [9.17, 15) is 61.9 Å². The van der Waals surface area contributed by atoms with E-state index in [2.05, 4.69) is 31.9 Å². The summed E-state index contributed by atoms with van der Waals surface area (Å²) in [6, 6.07) is 6.79. The van der Waals surface area contributed by atoms with Gasteiger partial charge in [0.15, 0.2) is 11.6 Å². The second-order valence-electron chi connectivity index (χ2n) is 31.0. The molecule has 8 N–H and O–H groups in total. The highest BCUT2D eigenvalue weighted by molar-refractivity contribution is 8.00. The number of primary amides is 1. The maximum Gasteiger partial charge on any atom is 0.408 e. The zero-order chi connectivity index (χ0) is 80.4. The Kier molecular flexibility index (Phi) is 36.8. The minimum atomic E-state index is -0.964. The van der Waals surface area contributed by atoms with Gasteiger partial charge in [-0.25, -0.2) is 14.0 Å². The van der Waals surface area contributed by atoms with Crippen LogP contribution in [0.3, 0.4) is 0 Å². The first-order chi connectivity index (χ1) is 51.0. The van der Waals surface area contributed by atoms with Crippen LogP contribution in [-0.4, -0.2) is 219 Å². The first-order valence-electron chi connectivity index (χ1n) is 38.3. The van der Waals surface area contributed by atoms with Gasteiger partial charge in [0, 0.05) is 110 Å². The lowest BCUT2D eigenvalue weighted by Crippen LogP contribution is -2.55. The van der Waals surface area contributed by atoms with Crippen molar-refractivity contribution in [3.8, 4) is 0 Å². The van der Waals surface area contributed by atoms with Gasteiger partial charge in [0.2, 0.25) is 47.3 Å². The number of benzene rings is 2. The van der Waals surface area contributed by atoms with Crippen LogP contribution < -0.4 is 37.6 Å². The number of halogens is 1. The first kappa shape index (κ1) is 91.0. The van der Waals surface area contributed by atoms with Crippen LogP contribution in [0.15, 0.2) is 48.5 Å². The summed E-state index contributed by atoms with van der Waals surface area (Å²) in [5, 5.41) is 16.2. The quantitative estimate of drug-likeness (QED) is 0.0243. The zero-order valence-corrected chi connectivity index (χ0v) is 67.6. The molecule has 27 nitrogen and oxygen atoms in total. The number of thioether (sulfide) groups is 1. The second kappa shape index (κ2) is 43.7. The molecule has 2 aliphatic heterocycles. The van der Waals surface area contributed by atoms with Gasteiger partial charge in [0.05, 0.1) is 72.2 Å². The van der Waals surface area contributed by atoms with E-state index in [1.165, 1.54) is 55.1 Å². The number of hydrogen-bond donors (Lipinski definition) is 7. The largest absolute Gasteiger partial charge is 0.445 e. The molecule has 2 aromatic carbocycles. The monoisotopic (exact) mass is 1530 g/mol. The van der Waals surface area contributed by atoms with Crippen LogP contribution in [0.5, 0.6) is 0 Å². The van der Waals surface area contributed by atoms with Crippen LogP contribution in [0.4, 0.5) is 19.7 Å². The van der Waals surface area contributed by atoms with Crippen molar-refractivity contribution in [2.24, 2.45) is 52.6 Å². The normalized spacial score (nSPS) is 19.3. The summed E-state index contributed by atoms with van der Waals surface area (Å²) < 4.78 is 38.2. The van der Waals surface area contributed by atoms with Crippen LogP contribution in [0.2, 0.25) is 0 Å². The Morgan fingerprint density at radius 3 is 1.99 bits per heavy atom. The number of likely N-dealkylation sites (tertiary alicyclic amines) is 2. The van der Waals surface area contributed by atoms with Gasteiger partial charge < -0.3 is 66.4 Å². The Bertz CT molecular complexity index is 3330. The predicted molar refractivity (Wildman–Crippen MR) is 411 cm³/mol. The highest BCUT2D eigenvalue weighted by Crippen LogP contribution is 2.52. The third kappa shape index (κ3) is 26.9. The number of likely N-dealkylation sites (N-methyl/N-ethyl adjacent to an activating group) is 2. The average Bonchev–Trinajstić information content (AvgIpc) is 1.58. The molecule has 11 amide bonds. The summed E-state index contributed by atoms with van der Waals surface area (Å²) in [5.74, 6) is -5.61. The standard InChI is InChI=1S/C79H124FN11O16S/c1-18-49(8)71(89(14)75(100)58(46(2)3)39-61(93)70(48(6)7)88(12)13)62(105-16)40-66(96)91-43-57(104-15)38-59(91)72(106-17)50(9)73(98)84-51(10)69(53-27-29-55(80)30-28-53)87-78(103)107-44-52-25-31-56(32-26-52)85-74(99)54(23-22-35-83-77(81)102)37-60(92)68(47(4)5)86-64(94)24-20-19-21-36-90-67(97)41-63(76(90)101)108-45-79(33-34-79)42-65(95)82-11/h25-32,46-51,54,57-59,62-63,68-72H,18-24,33-45H2,1-17H3,(H,82,95)(H,84,98)(H,85,99)(H,86,94)(H,87,103)(H3,81,83,102)/t49-,50+,51+,54+,57+,58-,59-,62+,63?,68-,69?,70-,71-,72+/m0/s1. The highest BCUT2D eigenvalue weighted by Gasteiger charge is 2.49. The van der Waals surface area contributed by atoms with E-state index in [4.69, 9.17) is 24.7 Å². The molecule has 14 atom stereocenters. The van der Waals surface area contributed by atoms with Crippen molar-refractivity contribution < 1.29 is 80.9 Å². The fourth-order valence-corrected chi connectivity index (χ4v) is 16.4. The number of Topliss-reactive ketones (excluding diaryl/α,β-unsaturated/α-hetero) is 2. The lowest BCUT2D eigenvalue weighted by atomic mass is 9.83. The molecule has 2 aromatic rings. The van der Waals surface area contributed by atoms with Gasteiger partial charge in [-0.2, -0.15) is 0 Å². The zero-order valence-electron chi connectivity index (χ0n) is 66.8. The Morgan fingerprint density at radius 1 is 0.759 bits per heavy atom. The van der Waals surface area contributed by atoms with Gasteiger partial charge in [-0.1, -0.05) is 99.4 Å². The lowest BCUT2D eigenvalue weighted by Gasteiger charge is -2.41. The van der Waals surface area contributed by atoms with Gasteiger partial charge in [0.1, 0.15) is 12.4 Å². The summed E-state index contributed by atoms with van der Waals surface area (Å²) in [4.78, 5) is 169. The van der Waals surface area contributed by atoms with Crippen LogP contribution in [0.25, 0.3) is 0 Å². The summed E-state index contributed by atoms with van der Waals surface area (Å²) in [5.41, 5.74) is 6.49. The molecule has 3 fully saturated rings. The van der Waals surface area contributed by atoms with Gasteiger partial charge in [-0.05, 0) is 130 Å². The SMILES string of the molecule is CC[C@H](C)[C@@H]([C@@H](CC(=O)N1C[C@H](OC)C[C@H]1[C@H](OC)[C@@H](C)C(=O)N[C@H](C)C(NC(=O)OCc1ccc(NC(=O)[C@H](CCCNC(N)=O)CC(=O)[C@@H](NC(=O)CCCCCN2C(=O)CC(SCC3(CC(=O)NC)CC3)C2=O)C(C)C)cc1)c1ccc(F)cc1)OC)N(C)C(=O)[C@@H](CC(=O)[C@H](C(C)C)N(C)C)C(C)C. The molecular weight excluding hydrogens is 1410 g/mol. The number of carbonyl (C=O) groups is 12. The molecule has 604 valence electrons. The number of carbonyl (C=O) groups excluding carboxylic acids is 12. The average molecular weight is 1530 g/mol. The number of urea groups is 1. The topological polar surface area (TPSA) is 353 Å². The molecule has 0 bridgehead atoms. The minimum absolute atomic E-state index is 0.0139. The molecule has 2 heterocycles. The van der Waals surface area contributed by atoms with Crippen LogP contribution >= 0.6 is 11.8 Å². The number of methoxy groups -OCH3 is 3. The van der Waals surface area contributed by atoms with Gasteiger partial charge in [0.25, 0.3) is 0 Å². The molecule has 0 radical (unpaired) electrons. The van der Waals surface area contributed by atoms with E-state index < -0.39 is 101 Å². The summed E-state index contributed by atoms with van der Waals surface area (Å²) in [6.45, 7) is 19.1. The molecule has 3 aliphatic rings. The van der Waals surface area contributed by atoms with Crippen molar-refractivity contribution in [1.29, 1.82) is 0 Å². The molecule has 1 saturated carbocycles. The molecule has 1 aliphatic carbocycles. The van der Waals surface area contributed by atoms with Crippen molar-refractivity contribution in [3.05, 3.63) is 65.5 Å². The molecule has 108 heavy (non-hydrogen) atoms. The van der Waals surface area contributed by atoms with Crippen LogP contribution in [-0.2, 0) is 73.5 Å². The fourth-order valence-electron chi connectivity index (χ4n) is 14.9. The van der Waals surface area contributed by atoms with E-state index in [1.807, 2.05) is 60.5 Å². The summed E-state index contributed by atoms with van der Waals surface area (Å²) >= 11 is 1.44. The third-order valence-corrected chi connectivity index (χ3v) is 23.2. The van der Waals surface area contributed by atoms with Gasteiger partial charge in [-0.3, -0.25) is 57.7 Å². The number of ketones is 2.